The molecular weight excluding hydrogens is 264 g/mol. The Morgan fingerprint density at radius 2 is 2.00 bits per heavy atom. The van der Waals surface area contributed by atoms with Gasteiger partial charge in [-0.15, -0.1) is 12.4 Å². The molecule has 1 saturated heterocycles. The fourth-order valence-corrected chi connectivity index (χ4v) is 3.10. The van der Waals surface area contributed by atoms with Crippen LogP contribution in [0.5, 0.6) is 0 Å². The Kier molecular flexibility index (Phi) is 6.57. The quantitative estimate of drug-likeness (QED) is 0.863. The molecule has 112 valence electrons. The zero-order valence-electron chi connectivity index (χ0n) is 11.9. The molecule has 5 heteroatoms. The minimum absolute atomic E-state index is 0. The third-order valence-electron chi connectivity index (χ3n) is 4.29. The van der Waals surface area contributed by atoms with Crippen LogP contribution in [0.2, 0.25) is 0 Å². The van der Waals surface area contributed by atoms with Crippen LogP contribution in [0.3, 0.4) is 0 Å². The molecule has 0 spiro atoms. The van der Waals surface area contributed by atoms with Crippen LogP contribution in [0.15, 0.2) is 0 Å². The molecule has 0 aromatic carbocycles. The minimum Gasteiger partial charge on any atom is -0.376 e. The van der Waals surface area contributed by atoms with E-state index < -0.39 is 5.54 Å². The SMILES string of the molecule is CCN(CC1CCCO1)C(=O)C1(N)CCCCC1.Cl. The van der Waals surface area contributed by atoms with Gasteiger partial charge in [0.1, 0.15) is 0 Å². The van der Waals surface area contributed by atoms with Gasteiger partial charge in [0, 0.05) is 19.7 Å². The second-order valence-corrected chi connectivity index (χ2v) is 5.70. The molecule has 19 heavy (non-hydrogen) atoms. The van der Waals surface area contributed by atoms with Gasteiger partial charge >= 0.3 is 0 Å². The maximum Gasteiger partial charge on any atom is 0.242 e. The molecular formula is C14H27ClN2O2. The summed E-state index contributed by atoms with van der Waals surface area (Å²) in [6.45, 7) is 4.31. The van der Waals surface area contributed by atoms with Crippen molar-refractivity contribution in [3.05, 3.63) is 0 Å². The number of hydrogen-bond donors (Lipinski definition) is 1. The number of rotatable bonds is 4. The van der Waals surface area contributed by atoms with Crippen LogP contribution < -0.4 is 5.73 Å². The molecule has 0 aromatic rings. The van der Waals surface area contributed by atoms with Crippen LogP contribution >= 0.6 is 12.4 Å². The summed E-state index contributed by atoms with van der Waals surface area (Å²) in [6.07, 6.45) is 7.47. The Morgan fingerprint density at radius 1 is 1.32 bits per heavy atom. The molecule has 1 aliphatic carbocycles. The fourth-order valence-electron chi connectivity index (χ4n) is 3.10. The summed E-state index contributed by atoms with van der Waals surface area (Å²) in [4.78, 5) is 14.5. The van der Waals surface area contributed by atoms with E-state index in [4.69, 9.17) is 10.5 Å². The third kappa shape index (κ3) is 4.07. The Morgan fingerprint density at radius 3 is 2.53 bits per heavy atom. The van der Waals surface area contributed by atoms with Crippen LogP contribution in [0.4, 0.5) is 0 Å². The maximum atomic E-state index is 12.6. The smallest absolute Gasteiger partial charge is 0.242 e. The van der Waals surface area contributed by atoms with Crippen molar-refractivity contribution in [2.24, 2.45) is 5.73 Å². The largest absolute Gasteiger partial charge is 0.376 e. The second-order valence-electron chi connectivity index (χ2n) is 5.70. The third-order valence-corrected chi connectivity index (χ3v) is 4.29. The van der Waals surface area contributed by atoms with E-state index in [1.807, 2.05) is 11.8 Å². The van der Waals surface area contributed by atoms with Crippen molar-refractivity contribution in [2.45, 2.75) is 63.5 Å². The number of ether oxygens (including phenoxy) is 1. The summed E-state index contributed by atoms with van der Waals surface area (Å²) in [5.41, 5.74) is 5.72. The van der Waals surface area contributed by atoms with Crippen LogP contribution in [0, 0.1) is 0 Å². The first kappa shape index (κ1) is 16.7. The minimum atomic E-state index is -0.604. The molecule has 4 nitrogen and oxygen atoms in total. The van der Waals surface area contributed by atoms with Gasteiger partial charge in [0.25, 0.3) is 0 Å². The summed E-state index contributed by atoms with van der Waals surface area (Å²) in [7, 11) is 0. The molecule has 1 unspecified atom stereocenters. The van der Waals surface area contributed by atoms with Crippen molar-refractivity contribution in [3.8, 4) is 0 Å². The van der Waals surface area contributed by atoms with E-state index in [0.717, 1.165) is 51.7 Å². The normalized spacial score (nSPS) is 25.7. The predicted octanol–water partition coefficient (Wildman–Crippen LogP) is 2.10. The Balaban J connectivity index is 0.00000180. The highest BCUT2D eigenvalue weighted by molar-refractivity contribution is 5.86. The second kappa shape index (κ2) is 7.46. The molecule has 2 aliphatic rings. The zero-order chi connectivity index (χ0) is 13.0. The standard InChI is InChI=1S/C14H26N2O2.ClH/c1-2-16(11-12-7-6-10-18-12)13(17)14(15)8-4-3-5-9-14;/h12H,2-11,15H2,1H3;1H. The average Bonchev–Trinajstić information content (AvgIpc) is 2.89. The lowest BCUT2D eigenvalue weighted by molar-refractivity contribution is -0.139. The molecule has 2 fully saturated rings. The van der Waals surface area contributed by atoms with Crippen molar-refractivity contribution in [3.63, 3.8) is 0 Å². The van der Waals surface area contributed by atoms with Gasteiger partial charge in [-0.1, -0.05) is 19.3 Å². The topological polar surface area (TPSA) is 55.6 Å². The highest BCUT2D eigenvalue weighted by Gasteiger charge is 2.38. The summed E-state index contributed by atoms with van der Waals surface area (Å²) >= 11 is 0. The highest BCUT2D eigenvalue weighted by atomic mass is 35.5. The zero-order valence-corrected chi connectivity index (χ0v) is 12.7. The van der Waals surface area contributed by atoms with Crippen molar-refractivity contribution >= 4 is 18.3 Å². The fraction of sp³-hybridized carbons (Fsp3) is 0.929. The monoisotopic (exact) mass is 290 g/mol. The summed E-state index contributed by atoms with van der Waals surface area (Å²) in [6, 6.07) is 0. The molecule has 0 bridgehead atoms. The molecule has 0 radical (unpaired) electrons. The maximum absolute atomic E-state index is 12.6. The van der Waals surface area contributed by atoms with Gasteiger partial charge in [0.2, 0.25) is 5.91 Å². The number of carbonyl (C=O) groups excluding carboxylic acids is 1. The van der Waals surface area contributed by atoms with E-state index in [9.17, 15) is 4.79 Å². The van der Waals surface area contributed by atoms with E-state index in [2.05, 4.69) is 0 Å². The van der Waals surface area contributed by atoms with E-state index in [1.54, 1.807) is 0 Å². The highest BCUT2D eigenvalue weighted by Crippen LogP contribution is 2.28. The van der Waals surface area contributed by atoms with Gasteiger partial charge < -0.3 is 15.4 Å². The van der Waals surface area contributed by atoms with Crippen LogP contribution in [-0.4, -0.2) is 42.1 Å². The number of amides is 1. The predicted molar refractivity (Wildman–Crippen MR) is 78.5 cm³/mol. The number of nitrogens with zero attached hydrogens (tertiary/aromatic N) is 1. The van der Waals surface area contributed by atoms with Crippen molar-refractivity contribution in [1.29, 1.82) is 0 Å². The first-order valence-electron chi connectivity index (χ1n) is 7.35. The number of halogens is 1. The summed E-state index contributed by atoms with van der Waals surface area (Å²) < 4.78 is 5.62. The molecule has 2 N–H and O–H groups in total. The molecule has 1 aliphatic heterocycles. The Labute approximate surface area is 122 Å². The van der Waals surface area contributed by atoms with E-state index in [0.29, 0.717) is 6.54 Å². The van der Waals surface area contributed by atoms with Crippen molar-refractivity contribution in [1.82, 2.24) is 4.90 Å². The van der Waals surface area contributed by atoms with Crippen molar-refractivity contribution < 1.29 is 9.53 Å². The van der Waals surface area contributed by atoms with E-state index in [-0.39, 0.29) is 24.4 Å². The van der Waals surface area contributed by atoms with E-state index >= 15 is 0 Å². The van der Waals surface area contributed by atoms with Crippen LogP contribution in [-0.2, 0) is 9.53 Å². The number of carbonyl (C=O) groups is 1. The van der Waals surface area contributed by atoms with Gasteiger partial charge in [-0.25, -0.2) is 0 Å². The van der Waals surface area contributed by atoms with Gasteiger partial charge in [-0.05, 0) is 32.6 Å². The van der Waals surface area contributed by atoms with Crippen molar-refractivity contribution in [2.75, 3.05) is 19.7 Å². The van der Waals surface area contributed by atoms with E-state index in [1.165, 1.54) is 6.42 Å². The average molecular weight is 291 g/mol. The molecule has 0 aromatic heterocycles. The van der Waals surface area contributed by atoms with Gasteiger partial charge in [-0.2, -0.15) is 0 Å². The lowest BCUT2D eigenvalue weighted by Gasteiger charge is -2.37. The Hall–Kier alpha value is -0.320. The first-order chi connectivity index (χ1) is 8.65. The van der Waals surface area contributed by atoms with Crippen LogP contribution in [0.25, 0.3) is 0 Å². The lowest BCUT2D eigenvalue weighted by Crippen LogP contribution is -2.57. The van der Waals surface area contributed by atoms with Crippen LogP contribution in [0.1, 0.15) is 51.9 Å². The van der Waals surface area contributed by atoms with Gasteiger partial charge in [0.05, 0.1) is 11.6 Å². The van der Waals surface area contributed by atoms with Gasteiger partial charge in [0.15, 0.2) is 0 Å². The number of hydrogen-bond acceptors (Lipinski definition) is 3. The van der Waals surface area contributed by atoms with Gasteiger partial charge in [-0.3, -0.25) is 4.79 Å². The lowest BCUT2D eigenvalue weighted by atomic mass is 9.81. The molecule has 2 rings (SSSR count). The molecule has 1 saturated carbocycles. The molecule has 1 amide bonds. The molecule has 1 heterocycles. The number of nitrogens with two attached hydrogens (primary N) is 1. The summed E-state index contributed by atoms with van der Waals surface area (Å²) in [5.74, 6) is 0.139. The number of likely N-dealkylation sites (N-methyl/N-ethyl adjacent to an activating group) is 1. The summed E-state index contributed by atoms with van der Waals surface area (Å²) in [5, 5.41) is 0. The molecule has 1 atom stereocenters. The Bertz CT molecular complexity index is 287. The first-order valence-corrected chi connectivity index (χ1v) is 7.35.